The van der Waals surface area contributed by atoms with Gasteiger partial charge in [0.2, 0.25) is 15.9 Å². The Kier molecular flexibility index (Phi) is 10.9. The zero-order valence-corrected chi connectivity index (χ0v) is 23.3. The Balaban J connectivity index is 1.56. The van der Waals surface area contributed by atoms with Crippen molar-refractivity contribution in [2.24, 2.45) is 0 Å². The van der Waals surface area contributed by atoms with E-state index in [2.05, 4.69) is 5.32 Å². The van der Waals surface area contributed by atoms with Crippen molar-refractivity contribution in [2.45, 2.75) is 75.3 Å². The van der Waals surface area contributed by atoms with Crippen LogP contribution >= 0.6 is 0 Å². The number of rotatable bonds is 15. The van der Waals surface area contributed by atoms with E-state index in [0.29, 0.717) is 30.5 Å². The number of hydrogen-bond donors (Lipinski definition) is 3. The quantitative estimate of drug-likeness (QED) is 0.278. The average molecular weight is 570 g/mol. The van der Waals surface area contributed by atoms with Gasteiger partial charge in [0.15, 0.2) is 0 Å². The van der Waals surface area contributed by atoms with Gasteiger partial charge in [0.05, 0.1) is 4.90 Å². The van der Waals surface area contributed by atoms with Crippen LogP contribution in [0.1, 0.15) is 56.6 Å². The molecule has 0 bridgehead atoms. The third-order valence-electron chi connectivity index (χ3n) is 6.71. The second kappa shape index (κ2) is 14.1. The number of hydrogen-bond acceptors (Lipinski definition) is 7. The highest BCUT2D eigenvalue weighted by Crippen LogP contribution is 2.26. The molecule has 3 rings (SSSR count). The second-order valence-electron chi connectivity index (χ2n) is 10.1. The number of nitrogens with one attached hydrogen (secondary N) is 2. The van der Waals surface area contributed by atoms with Crippen molar-refractivity contribution in [2.75, 3.05) is 6.54 Å². The Morgan fingerprint density at radius 3 is 2.25 bits per heavy atom. The van der Waals surface area contributed by atoms with E-state index in [1.54, 1.807) is 49.4 Å². The molecule has 0 aromatic heterocycles. The van der Waals surface area contributed by atoms with Gasteiger partial charge in [-0.05, 0) is 49.4 Å². The van der Waals surface area contributed by atoms with Crippen molar-refractivity contribution in [1.29, 1.82) is 5.41 Å². The number of amides is 1. The van der Waals surface area contributed by atoms with Gasteiger partial charge in [-0.1, -0.05) is 42.5 Å². The molecule has 1 aliphatic heterocycles. The standard InChI is InChI=1S/C29H35N3O7S/c1-20(30)17-23(33)7-5-8-24(34)18-21-12-14-22(15-13-21)19-26(29(36)37)31-28(35)27-11-6-16-32(27)40(38,39)25-9-3-2-4-10-25/h2-4,9-10,12-15,26-27,30H,5-8,11,16-19H2,1H3,(H,31,35)(H,36,37)/t26-,27-/m0/s1. The monoisotopic (exact) mass is 569 g/mol. The SMILES string of the molecule is CC(=N)CC(=O)CCCC(=O)Cc1ccc(C[C@H](NC(=O)[C@@H]2CCCN2S(=O)(=O)c2ccccc2)C(=O)O)cc1. The summed E-state index contributed by atoms with van der Waals surface area (Å²) in [5.41, 5.74) is 1.69. The number of ketones is 2. The number of Topliss-reactive ketones (excluding diaryl/α,β-unsaturated/α-hetero) is 2. The highest BCUT2D eigenvalue weighted by atomic mass is 32.2. The van der Waals surface area contributed by atoms with Crippen LogP contribution in [0.4, 0.5) is 0 Å². The van der Waals surface area contributed by atoms with Gasteiger partial charge in [0.1, 0.15) is 23.7 Å². The minimum Gasteiger partial charge on any atom is -0.480 e. The van der Waals surface area contributed by atoms with Crippen molar-refractivity contribution < 1.29 is 32.7 Å². The van der Waals surface area contributed by atoms with E-state index in [0.717, 1.165) is 9.87 Å². The summed E-state index contributed by atoms with van der Waals surface area (Å²) in [6, 6.07) is 12.4. The predicted octanol–water partition coefficient (Wildman–Crippen LogP) is 2.93. The Bertz CT molecular complexity index is 1340. The Morgan fingerprint density at radius 1 is 1.00 bits per heavy atom. The fraction of sp³-hybridized carbons (Fsp3) is 0.414. The second-order valence-corrected chi connectivity index (χ2v) is 12.0. The van der Waals surface area contributed by atoms with Gasteiger partial charge in [-0.2, -0.15) is 4.31 Å². The Hall–Kier alpha value is -3.70. The van der Waals surface area contributed by atoms with E-state index in [1.165, 1.54) is 12.1 Å². The summed E-state index contributed by atoms with van der Waals surface area (Å²) in [5.74, 6) is -1.96. The molecule has 1 amide bonds. The molecule has 10 nitrogen and oxygen atoms in total. The Morgan fingerprint density at radius 2 is 1.62 bits per heavy atom. The van der Waals surface area contributed by atoms with Crippen LogP contribution in [-0.4, -0.2) is 65.6 Å². The van der Waals surface area contributed by atoms with Crippen LogP contribution in [0.25, 0.3) is 0 Å². The van der Waals surface area contributed by atoms with Crippen LogP contribution < -0.4 is 5.32 Å². The van der Waals surface area contributed by atoms with E-state index >= 15 is 0 Å². The molecular weight excluding hydrogens is 534 g/mol. The predicted molar refractivity (Wildman–Crippen MR) is 149 cm³/mol. The fourth-order valence-electron chi connectivity index (χ4n) is 4.70. The van der Waals surface area contributed by atoms with Crippen molar-refractivity contribution in [3.05, 3.63) is 65.7 Å². The molecule has 0 aliphatic carbocycles. The molecule has 40 heavy (non-hydrogen) atoms. The van der Waals surface area contributed by atoms with E-state index in [-0.39, 0.29) is 55.1 Å². The number of aliphatic carboxylic acids is 1. The molecule has 0 saturated carbocycles. The molecule has 11 heteroatoms. The summed E-state index contributed by atoms with van der Waals surface area (Å²) in [6.07, 6.45) is 2.03. The number of carbonyl (C=O) groups is 4. The first-order chi connectivity index (χ1) is 19.0. The molecule has 1 heterocycles. The molecular formula is C29H35N3O7S. The largest absolute Gasteiger partial charge is 0.480 e. The molecule has 0 unspecified atom stereocenters. The molecule has 2 aromatic rings. The van der Waals surface area contributed by atoms with Crippen LogP contribution in [-0.2, 0) is 42.0 Å². The molecule has 0 radical (unpaired) electrons. The molecule has 0 spiro atoms. The topological polar surface area (TPSA) is 162 Å². The van der Waals surface area contributed by atoms with Crippen molar-refractivity contribution in [1.82, 2.24) is 9.62 Å². The highest BCUT2D eigenvalue weighted by Gasteiger charge is 2.40. The lowest BCUT2D eigenvalue weighted by Gasteiger charge is -2.25. The first-order valence-electron chi connectivity index (χ1n) is 13.2. The van der Waals surface area contributed by atoms with E-state index in [1.807, 2.05) is 0 Å². The molecule has 2 atom stereocenters. The maximum Gasteiger partial charge on any atom is 0.326 e. The highest BCUT2D eigenvalue weighted by molar-refractivity contribution is 7.89. The fourth-order valence-corrected chi connectivity index (χ4v) is 6.38. The molecule has 1 saturated heterocycles. The van der Waals surface area contributed by atoms with Gasteiger partial charge in [-0.3, -0.25) is 14.4 Å². The lowest BCUT2D eigenvalue weighted by Crippen LogP contribution is -2.51. The molecule has 3 N–H and O–H groups in total. The summed E-state index contributed by atoms with van der Waals surface area (Å²) < 4.78 is 27.3. The maximum absolute atomic E-state index is 13.1. The van der Waals surface area contributed by atoms with Gasteiger partial charge in [-0.25, -0.2) is 13.2 Å². The molecule has 2 aromatic carbocycles. The summed E-state index contributed by atoms with van der Waals surface area (Å²) in [5, 5.41) is 19.6. The van der Waals surface area contributed by atoms with Crippen LogP contribution in [0, 0.1) is 5.41 Å². The molecule has 1 fully saturated rings. The summed E-state index contributed by atoms with van der Waals surface area (Å²) in [6.45, 7) is 1.75. The summed E-state index contributed by atoms with van der Waals surface area (Å²) in [4.78, 5) is 49.0. The third-order valence-corrected chi connectivity index (χ3v) is 8.63. The van der Waals surface area contributed by atoms with E-state index in [4.69, 9.17) is 5.41 Å². The van der Waals surface area contributed by atoms with Crippen LogP contribution in [0.15, 0.2) is 59.5 Å². The van der Waals surface area contributed by atoms with Crippen molar-refractivity contribution in [3.63, 3.8) is 0 Å². The lowest BCUT2D eigenvalue weighted by atomic mass is 9.99. The number of carboxylic acid groups (broad SMARTS) is 1. The van der Waals surface area contributed by atoms with Gasteiger partial charge in [0.25, 0.3) is 0 Å². The van der Waals surface area contributed by atoms with Crippen LogP contribution in [0.3, 0.4) is 0 Å². The summed E-state index contributed by atoms with van der Waals surface area (Å²) >= 11 is 0. The van der Waals surface area contributed by atoms with E-state index in [9.17, 15) is 32.7 Å². The van der Waals surface area contributed by atoms with Gasteiger partial charge >= 0.3 is 5.97 Å². The zero-order valence-electron chi connectivity index (χ0n) is 22.5. The van der Waals surface area contributed by atoms with Gasteiger partial charge < -0.3 is 15.8 Å². The first kappa shape index (κ1) is 30.8. The molecule has 1 aliphatic rings. The number of carbonyl (C=O) groups excluding carboxylic acids is 3. The molecule has 214 valence electrons. The zero-order chi connectivity index (χ0) is 29.3. The van der Waals surface area contributed by atoms with Crippen LogP contribution in [0.5, 0.6) is 0 Å². The average Bonchev–Trinajstić information content (AvgIpc) is 3.41. The van der Waals surface area contributed by atoms with Crippen LogP contribution in [0.2, 0.25) is 0 Å². The number of sulfonamides is 1. The third kappa shape index (κ3) is 8.65. The normalized spacial score (nSPS) is 16.3. The van der Waals surface area contributed by atoms with Gasteiger partial charge in [-0.15, -0.1) is 0 Å². The Labute approximate surface area is 234 Å². The smallest absolute Gasteiger partial charge is 0.326 e. The number of nitrogens with zero attached hydrogens (tertiary/aromatic N) is 1. The lowest BCUT2D eigenvalue weighted by molar-refractivity contribution is -0.142. The number of benzene rings is 2. The van der Waals surface area contributed by atoms with Crippen molar-refractivity contribution >= 4 is 39.2 Å². The maximum atomic E-state index is 13.1. The number of carboxylic acids is 1. The van der Waals surface area contributed by atoms with E-state index < -0.39 is 34.0 Å². The minimum atomic E-state index is -3.91. The van der Waals surface area contributed by atoms with Gasteiger partial charge in [0, 0.05) is 44.4 Å². The minimum absolute atomic E-state index is 0.0119. The van der Waals surface area contributed by atoms with Crippen molar-refractivity contribution in [3.8, 4) is 0 Å². The first-order valence-corrected chi connectivity index (χ1v) is 14.7. The summed E-state index contributed by atoms with van der Waals surface area (Å²) in [7, 11) is -3.91.